The van der Waals surface area contributed by atoms with Crippen LogP contribution in [-0.2, 0) is 11.3 Å². The number of carbonyl (C=O) groups excluding carboxylic acids is 1. The molecular weight excluding hydrogens is 284 g/mol. The van der Waals surface area contributed by atoms with Gasteiger partial charge in [-0.25, -0.2) is 0 Å². The van der Waals surface area contributed by atoms with Crippen LogP contribution in [0.3, 0.4) is 0 Å². The summed E-state index contributed by atoms with van der Waals surface area (Å²) in [6.45, 7) is 2.42. The van der Waals surface area contributed by atoms with Gasteiger partial charge in [0, 0.05) is 23.8 Å². The summed E-state index contributed by atoms with van der Waals surface area (Å²) in [5.74, 6) is 0.835. The molecule has 0 aliphatic heterocycles. The minimum atomic E-state index is -0.153. The molecule has 5 heteroatoms. The molecule has 0 spiro atoms. The third-order valence-electron chi connectivity index (χ3n) is 2.96. The highest BCUT2D eigenvalue weighted by Crippen LogP contribution is 2.25. The van der Waals surface area contributed by atoms with Crippen molar-refractivity contribution in [3.63, 3.8) is 0 Å². The van der Waals surface area contributed by atoms with Gasteiger partial charge in [-0.3, -0.25) is 9.78 Å². The van der Waals surface area contributed by atoms with Crippen LogP contribution < -0.4 is 10.1 Å². The van der Waals surface area contributed by atoms with Crippen molar-refractivity contribution >= 4 is 17.7 Å². The van der Waals surface area contributed by atoms with Gasteiger partial charge in [0.1, 0.15) is 5.75 Å². The van der Waals surface area contributed by atoms with E-state index in [-0.39, 0.29) is 11.2 Å². The predicted molar refractivity (Wildman–Crippen MR) is 84.4 cm³/mol. The topological polar surface area (TPSA) is 51.2 Å². The van der Waals surface area contributed by atoms with Crippen LogP contribution in [0.1, 0.15) is 12.5 Å². The molecule has 1 atom stereocenters. The largest absolute Gasteiger partial charge is 0.497 e. The van der Waals surface area contributed by atoms with E-state index < -0.39 is 0 Å². The maximum Gasteiger partial charge on any atom is 0.233 e. The lowest BCUT2D eigenvalue weighted by molar-refractivity contribution is -0.120. The standard InChI is InChI=1S/C16H18N2O2S/c1-12(21-15-5-3-14(20-2)4-6-15)16(19)18-11-13-7-9-17-10-8-13/h3-10,12H,11H2,1-2H3,(H,18,19)/t12-/m1/s1. The number of nitrogens with one attached hydrogen (secondary N) is 1. The second-order valence-corrected chi connectivity index (χ2v) is 5.92. The molecule has 1 N–H and O–H groups in total. The third kappa shape index (κ3) is 4.79. The third-order valence-corrected chi connectivity index (χ3v) is 4.07. The number of amides is 1. The number of hydrogen-bond donors (Lipinski definition) is 1. The van der Waals surface area contributed by atoms with Crippen molar-refractivity contribution < 1.29 is 9.53 Å². The number of carbonyl (C=O) groups is 1. The zero-order valence-corrected chi connectivity index (χ0v) is 12.9. The van der Waals surface area contributed by atoms with Crippen LogP contribution in [0.25, 0.3) is 0 Å². The molecule has 0 unspecified atom stereocenters. The zero-order valence-electron chi connectivity index (χ0n) is 12.1. The van der Waals surface area contributed by atoms with Crippen molar-refractivity contribution in [1.82, 2.24) is 10.3 Å². The normalized spacial score (nSPS) is 11.7. The van der Waals surface area contributed by atoms with Gasteiger partial charge in [0.2, 0.25) is 5.91 Å². The first-order chi connectivity index (χ1) is 10.2. The first-order valence-corrected chi connectivity index (χ1v) is 7.54. The van der Waals surface area contributed by atoms with Gasteiger partial charge in [-0.05, 0) is 48.9 Å². The Kier molecular flexibility index (Phi) is 5.63. The van der Waals surface area contributed by atoms with Crippen LogP contribution in [0.15, 0.2) is 53.7 Å². The fraction of sp³-hybridized carbons (Fsp3) is 0.250. The highest BCUT2D eigenvalue weighted by molar-refractivity contribution is 8.00. The Bertz CT molecular complexity index is 573. The van der Waals surface area contributed by atoms with Gasteiger partial charge < -0.3 is 10.1 Å². The van der Waals surface area contributed by atoms with E-state index >= 15 is 0 Å². The number of thioether (sulfide) groups is 1. The Hall–Kier alpha value is -2.01. The second kappa shape index (κ2) is 7.69. The molecule has 0 saturated heterocycles. The van der Waals surface area contributed by atoms with Gasteiger partial charge in [-0.1, -0.05) is 0 Å². The summed E-state index contributed by atoms with van der Waals surface area (Å²) in [6, 6.07) is 11.5. The molecule has 0 saturated carbocycles. The van der Waals surface area contributed by atoms with Gasteiger partial charge in [0.25, 0.3) is 0 Å². The lowest BCUT2D eigenvalue weighted by Crippen LogP contribution is -2.30. The zero-order chi connectivity index (χ0) is 15.1. The molecule has 0 aliphatic carbocycles. The van der Waals surface area contributed by atoms with E-state index in [1.165, 1.54) is 11.8 Å². The smallest absolute Gasteiger partial charge is 0.233 e. The lowest BCUT2D eigenvalue weighted by Gasteiger charge is -2.12. The Balaban J connectivity index is 1.84. The molecule has 2 rings (SSSR count). The van der Waals surface area contributed by atoms with Crippen molar-refractivity contribution in [1.29, 1.82) is 0 Å². The summed E-state index contributed by atoms with van der Waals surface area (Å²) in [4.78, 5) is 17.1. The average Bonchev–Trinajstić information content (AvgIpc) is 2.54. The van der Waals surface area contributed by atoms with E-state index in [0.29, 0.717) is 6.54 Å². The minimum absolute atomic E-state index is 0.0210. The van der Waals surface area contributed by atoms with E-state index in [1.807, 2.05) is 43.3 Å². The van der Waals surface area contributed by atoms with Gasteiger partial charge in [-0.2, -0.15) is 0 Å². The van der Waals surface area contributed by atoms with Crippen molar-refractivity contribution in [2.45, 2.75) is 23.6 Å². The summed E-state index contributed by atoms with van der Waals surface area (Å²) in [6.07, 6.45) is 3.44. The van der Waals surface area contributed by atoms with Crippen molar-refractivity contribution in [2.24, 2.45) is 0 Å². The van der Waals surface area contributed by atoms with Gasteiger partial charge in [-0.15, -0.1) is 11.8 Å². The number of methoxy groups -OCH3 is 1. The van der Waals surface area contributed by atoms with Gasteiger partial charge >= 0.3 is 0 Å². The van der Waals surface area contributed by atoms with Gasteiger partial charge in [0.05, 0.1) is 12.4 Å². The monoisotopic (exact) mass is 302 g/mol. The summed E-state index contributed by atoms with van der Waals surface area (Å²) in [7, 11) is 1.64. The maximum atomic E-state index is 12.1. The maximum absolute atomic E-state index is 12.1. The molecule has 1 aromatic carbocycles. The van der Waals surface area contributed by atoms with Crippen molar-refractivity contribution in [3.05, 3.63) is 54.4 Å². The molecule has 0 aliphatic rings. The van der Waals surface area contributed by atoms with Gasteiger partial charge in [0.15, 0.2) is 0 Å². The Morgan fingerprint density at radius 2 is 1.90 bits per heavy atom. The SMILES string of the molecule is COc1ccc(S[C@H](C)C(=O)NCc2ccncc2)cc1. The fourth-order valence-corrected chi connectivity index (χ4v) is 2.64. The average molecular weight is 302 g/mol. The van der Waals surface area contributed by atoms with E-state index in [4.69, 9.17) is 4.74 Å². The van der Waals surface area contributed by atoms with Crippen LogP contribution >= 0.6 is 11.8 Å². The fourth-order valence-electron chi connectivity index (χ4n) is 1.75. The summed E-state index contributed by atoms with van der Waals surface area (Å²) in [5.41, 5.74) is 1.04. The van der Waals surface area contributed by atoms with Crippen LogP contribution in [0.4, 0.5) is 0 Å². The quantitative estimate of drug-likeness (QED) is 0.834. The number of benzene rings is 1. The first-order valence-electron chi connectivity index (χ1n) is 6.66. The van der Waals surface area contributed by atoms with Crippen molar-refractivity contribution in [2.75, 3.05) is 7.11 Å². The van der Waals surface area contributed by atoms with Crippen LogP contribution in [-0.4, -0.2) is 23.3 Å². The molecule has 0 bridgehead atoms. The molecule has 0 fully saturated rings. The summed E-state index contributed by atoms with van der Waals surface area (Å²) < 4.78 is 5.12. The Morgan fingerprint density at radius 3 is 2.52 bits per heavy atom. The Labute approximate surface area is 128 Å². The number of aromatic nitrogens is 1. The van der Waals surface area contributed by atoms with Crippen molar-refractivity contribution in [3.8, 4) is 5.75 Å². The molecule has 1 aromatic heterocycles. The molecule has 0 radical (unpaired) electrons. The van der Waals surface area contributed by atoms with E-state index in [2.05, 4.69) is 10.3 Å². The number of nitrogens with zero attached hydrogens (tertiary/aromatic N) is 1. The Morgan fingerprint density at radius 1 is 1.24 bits per heavy atom. The van der Waals surface area contributed by atoms with E-state index in [9.17, 15) is 4.79 Å². The van der Waals surface area contributed by atoms with E-state index in [1.54, 1.807) is 19.5 Å². The second-order valence-electron chi connectivity index (χ2n) is 4.51. The summed E-state index contributed by atoms with van der Waals surface area (Å²) in [5, 5.41) is 2.78. The van der Waals surface area contributed by atoms with Crippen LogP contribution in [0.2, 0.25) is 0 Å². The summed E-state index contributed by atoms with van der Waals surface area (Å²) >= 11 is 1.53. The molecule has 110 valence electrons. The van der Waals surface area contributed by atoms with Crippen LogP contribution in [0.5, 0.6) is 5.75 Å². The van der Waals surface area contributed by atoms with E-state index in [0.717, 1.165) is 16.2 Å². The minimum Gasteiger partial charge on any atom is -0.497 e. The highest BCUT2D eigenvalue weighted by Gasteiger charge is 2.13. The number of ether oxygens (including phenoxy) is 1. The molecule has 1 heterocycles. The molecule has 2 aromatic rings. The van der Waals surface area contributed by atoms with Crippen LogP contribution in [0, 0.1) is 0 Å². The lowest BCUT2D eigenvalue weighted by atomic mass is 10.2. The predicted octanol–water partition coefficient (Wildman–Crippen LogP) is 2.89. The molecule has 4 nitrogen and oxygen atoms in total. The highest BCUT2D eigenvalue weighted by atomic mass is 32.2. The number of rotatable bonds is 6. The molecule has 21 heavy (non-hydrogen) atoms. The molecular formula is C16H18N2O2S. The first kappa shape index (κ1) is 15.4. The molecule has 1 amide bonds. The number of pyridine rings is 1. The number of hydrogen-bond acceptors (Lipinski definition) is 4.